The van der Waals surface area contributed by atoms with Crippen LogP contribution < -0.4 is 11.1 Å². The second-order valence-electron chi connectivity index (χ2n) is 4.24. The third-order valence-electron chi connectivity index (χ3n) is 2.90. The highest BCUT2D eigenvalue weighted by atomic mass is 79.9. The van der Waals surface area contributed by atoms with Crippen LogP contribution in [0.5, 0.6) is 0 Å². The molecule has 0 amide bonds. The number of thiophene rings is 1. The molecule has 3 N–H and O–H groups in total. The maximum atomic E-state index is 5.95. The Kier molecular flexibility index (Phi) is 4.20. The fraction of sp³-hybridized carbons (Fsp3) is 0.636. The van der Waals surface area contributed by atoms with Crippen molar-refractivity contribution in [2.45, 2.75) is 44.3 Å². The number of nitrogens with one attached hydrogen (secondary N) is 1. The molecule has 0 aliphatic heterocycles. The van der Waals surface area contributed by atoms with Gasteiger partial charge in [0.15, 0.2) is 0 Å². The van der Waals surface area contributed by atoms with E-state index in [1.807, 2.05) is 0 Å². The van der Waals surface area contributed by atoms with Gasteiger partial charge in [0.2, 0.25) is 0 Å². The van der Waals surface area contributed by atoms with E-state index in [0.717, 1.165) is 13.0 Å². The van der Waals surface area contributed by atoms with E-state index in [2.05, 4.69) is 32.7 Å². The summed E-state index contributed by atoms with van der Waals surface area (Å²) in [6.45, 7) is 0.980. The van der Waals surface area contributed by atoms with Crippen molar-refractivity contribution in [1.82, 2.24) is 5.32 Å². The molecule has 1 fully saturated rings. The van der Waals surface area contributed by atoms with Gasteiger partial charge in [-0.05, 0) is 41.3 Å². The summed E-state index contributed by atoms with van der Waals surface area (Å²) in [6, 6.07) is 3.21. The Morgan fingerprint density at radius 2 is 2.40 bits per heavy atom. The zero-order valence-corrected chi connectivity index (χ0v) is 11.1. The van der Waals surface area contributed by atoms with Gasteiger partial charge in [0.25, 0.3) is 0 Å². The maximum Gasteiger partial charge on any atom is 0.0302 e. The van der Waals surface area contributed by atoms with E-state index in [1.165, 1.54) is 28.6 Å². The first-order valence-corrected chi connectivity index (χ1v) is 7.13. The predicted octanol–water partition coefficient (Wildman–Crippen LogP) is 2.87. The van der Waals surface area contributed by atoms with Crippen molar-refractivity contribution >= 4 is 27.3 Å². The van der Waals surface area contributed by atoms with E-state index in [-0.39, 0.29) is 0 Å². The van der Waals surface area contributed by atoms with E-state index < -0.39 is 0 Å². The third-order valence-corrected chi connectivity index (χ3v) is 4.60. The quantitative estimate of drug-likeness (QED) is 0.898. The average molecular weight is 289 g/mol. The summed E-state index contributed by atoms with van der Waals surface area (Å²) in [7, 11) is 0. The van der Waals surface area contributed by atoms with Crippen LogP contribution in [0.25, 0.3) is 0 Å². The number of rotatable bonds is 3. The van der Waals surface area contributed by atoms with Gasteiger partial charge in [-0.15, -0.1) is 11.3 Å². The molecule has 1 aromatic rings. The summed E-state index contributed by atoms with van der Waals surface area (Å²) in [6.07, 6.45) is 4.88. The van der Waals surface area contributed by atoms with E-state index in [0.29, 0.717) is 12.1 Å². The van der Waals surface area contributed by atoms with Crippen molar-refractivity contribution in [3.05, 3.63) is 20.8 Å². The van der Waals surface area contributed by atoms with Gasteiger partial charge in [-0.2, -0.15) is 0 Å². The van der Waals surface area contributed by atoms with Gasteiger partial charge in [-0.25, -0.2) is 0 Å². The highest BCUT2D eigenvalue weighted by Gasteiger charge is 2.18. The molecule has 0 radical (unpaired) electrons. The summed E-state index contributed by atoms with van der Waals surface area (Å²) in [5.74, 6) is 0. The second kappa shape index (κ2) is 5.43. The van der Waals surface area contributed by atoms with Gasteiger partial charge in [0.1, 0.15) is 0 Å². The normalized spacial score (nSPS) is 26.8. The summed E-state index contributed by atoms with van der Waals surface area (Å²) >= 11 is 5.27. The minimum Gasteiger partial charge on any atom is -0.328 e. The molecule has 1 heterocycles. The predicted molar refractivity (Wildman–Crippen MR) is 69.1 cm³/mol. The van der Waals surface area contributed by atoms with Crippen LogP contribution in [0.4, 0.5) is 0 Å². The number of hydrogen-bond donors (Lipinski definition) is 2. The lowest BCUT2D eigenvalue weighted by atomic mass is 9.92. The molecule has 84 valence electrons. The first kappa shape index (κ1) is 11.6. The van der Waals surface area contributed by atoms with Crippen molar-refractivity contribution in [1.29, 1.82) is 0 Å². The molecule has 0 aromatic carbocycles. The largest absolute Gasteiger partial charge is 0.328 e. The lowest BCUT2D eigenvalue weighted by Crippen LogP contribution is -2.38. The van der Waals surface area contributed by atoms with Crippen LogP contribution >= 0.6 is 27.3 Å². The summed E-state index contributed by atoms with van der Waals surface area (Å²) in [5.41, 5.74) is 5.95. The molecule has 1 aliphatic carbocycles. The molecule has 2 rings (SSSR count). The van der Waals surface area contributed by atoms with Gasteiger partial charge in [0.05, 0.1) is 0 Å². The van der Waals surface area contributed by atoms with Crippen molar-refractivity contribution in [3.8, 4) is 0 Å². The third kappa shape index (κ3) is 3.55. The molecule has 1 aromatic heterocycles. The molecular formula is C11H17BrN2S. The lowest BCUT2D eigenvalue weighted by molar-refractivity contribution is 0.339. The van der Waals surface area contributed by atoms with E-state index in [9.17, 15) is 0 Å². The van der Waals surface area contributed by atoms with E-state index in [4.69, 9.17) is 5.73 Å². The Hall–Kier alpha value is 0.1000. The highest BCUT2D eigenvalue weighted by molar-refractivity contribution is 9.10. The molecule has 1 saturated carbocycles. The van der Waals surface area contributed by atoms with Gasteiger partial charge in [-0.3, -0.25) is 0 Å². The van der Waals surface area contributed by atoms with Crippen molar-refractivity contribution in [3.63, 3.8) is 0 Å². The monoisotopic (exact) mass is 288 g/mol. The SMILES string of the molecule is NC1CCCC(NCc2cc(Br)cs2)C1. The summed E-state index contributed by atoms with van der Waals surface area (Å²) < 4.78 is 1.18. The molecule has 2 atom stereocenters. The van der Waals surface area contributed by atoms with Crippen LogP contribution in [-0.4, -0.2) is 12.1 Å². The van der Waals surface area contributed by atoms with Crippen LogP contribution in [0.3, 0.4) is 0 Å². The zero-order chi connectivity index (χ0) is 10.7. The number of halogens is 1. The Morgan fingerprint density at radius 1 is 1.53 bits per heavy atom. The van der Waals surface area contributed by atoms with Crippen LogP contribution in [0.15, 0.2) is 15.9 Å². The van der Waals surface area contributed by atoms with Crippen LogP contribution in [0.2, 0.25) is 0 Å². The van der Waals surface area contributed by atoms with Crippen molar-refractivity contribution < 1.29 is 0 Å². The minimum atomic E-state index is 0.409. The molecule has 2 unspecified atom stereocenters. The Balaban J connectivity index is 1.77. The smallest absolute Gasteiger partial charge is 0.0302 e. The minimum absolute atomic E-state index is 0.409. The Labute approximate surface area is 103 Å². The molecule has 0 spiro atoms. The molecule has 0 bridgehead atoms. The Bertz CT molecular complexity index is 313. The van der Waals surface area contributed by atoms with Gasteiger partial charge in [-0.1, -0.05) is 6.42 Å². The van der Waals surface area contributed by atoms with Crippen molar-refractivity contribution in [2.75, 3.05) is 0 Å². The Morgan fingerprint density at radius 3 is 3.07 bits per heavy atom. The van der Waals surface area contributed by atoms with E-state index in [1.54, 1.807) is 11.3 Å². The fourth-order valence-corrected chi connectivity index (χ4v) is 3.51. The fourth-order valence-electron chi connectivity index (χ4n) is 2.10. The van der Waals surface area contributed by atoms with Gasteiger partial charge < -0.3 is 11.1 Å². The average Bonchev–Trinajstić information content (AvgIpc) is 2.62. The molecule has 1 aliphatic rings. The maximum absolute atomic E-state index is 5.95. The standard InChI is InChI=1S/C11H17BrN2S/c12-8-4-11(15-7-8)6-14-10-3-1-2-9(13)5-10/h4,7,9-10,14H,1-3,5-6,13H2. The highest BCUT2D eigenvalue weighted by Crippen LogP contribution is 2.21. The molecule has 2 nitrogen and oxygen atoms in total. The first-order chi connectivity index (χ1) is 7.24. The van der Waals surface area contributed by atoms with Gasteiger partial charge >= 0.3 is 0 Å². The van der Waals surface area contributed by atoms with Crippen LogP contribution in [0.1, 0.15) is 30.6 Å². The first-order valence-electron chi connectivity index (χ1n) is 5.46. The van der Waals surface area contributed by atoms with E-state index >= 15 is 0 Å². The molecule has 4 heteroatoms. The van der Waals surface area contributed by atoms with Crippen LogP contribution in [-0.2, 0) is 6.54 Å². The summed E-state index contributed by atoms with van der Waals surface area (Å²) in [5, 5.41) is 5.72. The molecule has 0 saturated heterocycles. The lowest BCUT2D eigenvalue weighted by Gasteiger charge is -2.27. The van der Waals surface area contributed by atoms with Gasteiger partial charge in [0, 0.05) is 33.4 Å². The van der Waals surface area contributed by atoms with Crippen LogP contribution in [0, 0.1) is 0 Å². The number of hydrogen-bond acceptors (Lipinski definition) is 3. The zero-order valence-electron chi connectivity index (χ0n) is 8.71. The van der Waals surface area contributed by atoms with Crippen molar-refractivity contribution in [2.24, 2.45) is 5.73 Å². The topological polar surface area (TPSA) is 38.0 Å². The summed E-state index contributed by atoms with van der Waals surface area (Å²) in [4.78, 5) is 1.39. The second-order valence-corrected chi connectivity index (χ2v) is 6.15. The number of nitrogens with two attached hydrogens (primary N) is 1. The molecule has 15 heavy (non-hydrogen) atoms. The molecular weight excluding hydrogens is 272 g/mol.